The van der Waals surface area contributed by atoms with E-state index in [0.717, 1.165) is 11.4 Å². The Kier molecular flexibility index (Phi) is 6.07. The lowest BCUT2D eigenvalue weighted by molar-refractivity contribution is -0.192. The van der Waals surface area contributed by atoms with Crippen LogP contribution in [0, 0.1) is 0 Å². The van der Waals surface area contributed by atoms with Gasteiger partial charge in [0.15, 0.2) is 0 Å². The first-order valence-electron chi connectivity index (χ1n) is 6.00. The molecule has 0 radical (unpaired) electrons. The fourth-order valence-electron chi connectivity index (χ4n) is 1.33. The Morgan fingerprint density at radius 3 is 2.04 bits per heavy atom. The van der Waals surface area contributed by atoms with Crippen LogP contribution in [0.4, 0.5) is 24.5 Å². The van der Waals surface area contributed by atoms with E-state index >= 15 is 0 Å². The first-order chi connectivity index (χ1) is 10.7. The molecular weight excluding hydrogens is 317 g/mol. The number of hydrogen-bond donors (Lipinski definition) is 3. The van der Waals surface area contributed by atoms with Gasteiger partial charge in [0, 0.05) is 23.8 Å². The molecule has 0 spiro atoms. The van der Waals surface area contributed by atoms with Crippen LogP contribution in [-0.2, 0) is 4.79 Å². The molecule has 9 heteroatoms. The Bertz CT molecular complexity index is 675. The van der Waals surface area contributed by atoms with Gasteiger partial charge < -0.3 is 15.5 Å². The Hall–Kier alpha value is -3.10. The van der Waals surface area contributed by atoms with Crippen molar-refractivity contribution in [2.75, 3.05) is 5.32 Å². The number of pyridine rings is 1. The van der Waals surface area contributed by atoms with Crippen LogP contribution in [0.1, 0.15) is 10.4 Å². The maximum absolute atomic E-state index is 10.8. The molecule has 6 nitrogen and oxygen atoms in total. The normalized spacial score (nSPS) is 10.2. The summed E-state index contributed by atoms with van der Waals surface area (Å²) in [5.74, 6) is -3.69. The van der Waals surface area contributed by atoms with E-state index in [1.54, 1.807) is 30.6 Å². The van der Waals surface area contributed by atoms with Crippen molar-refractivity contribution in [3.8, 4) is 0 Å². The average Bonchev–Trinajstić information content (AvgIpc) is 2.48. The van der Waals surface area contributed by atoms with Crippen LogP contribution in [0.5, 0.6) is 0 Å². The first-order valence-corrected chi connectivity index (χ1v) is 6.00. The molecule has 0 unspecified atom stereocenters. The fourth-order valence-corrected chi connectivity index (χ4v) is 1.33. The number of rotatable bonds is 3. The van der Waals surface area contributed by atoms with Crippen LogP contribution in [-0.4, -0.2) is 33.3 Å². The van der Waals surface area contributed by atoms with E-state index in [0.29, 0.717) is 0 Å². The van der Waals surface area contributed by atoms with Crippen LogP contribution in [0.2, 0.25) is 0 Å². The molecule has 3 N–H and O–H groups in total. The number of carboxylic acid groups (broad SMARTS) is 2. The number of nitrogens with one attached hydrogen (secondary N) is 1. The van der Waals surface area contributed by atoms with Crippen molar-refractivity contribution in [2.45, 2.75) is 6.18 Å². The minimum absolute atomic E-state index is 0.263. The summed E-state index contributed by atoms with van der Waals surface area (Å²) in [6.45, 7) is 0. The number of anilines is 2. The molecular formula is C14H11F3N2O4. The summed E-state index contributed by atoms with van der Waals surface area (Å²) >= 11 is 0. The fraction of sp³-hybridized carbons (Fsp3) is 0.0714. The van der Waals surface area contributed by atoms with E-state index in [4.69, 9.17) is 15.0 Å². The summed E-state index contributed by atoms with van der Waals surface area (Å²) in [6, 6.07) is 10.3. The van der Waals surface area contributed by atoms with Gasteiger partial charge in [-0.05, 0) is 30.3 Å². The van der Waals surface area contributed by atoms with Gasteiger partial charge in [-0.2, -0.15) is 13.2 Å². The van der Waals surface area contributed by atoms with Gasteiger partial charge in [0.25, 0.3) is 0 Å². The first kappa shape index (κ1) is 18.0. The van der Waals surface area contributed by atoms with Crippen LogP contribution in [0.25, 0.3) is 0 Å². The Balaban J connectivity index is 0.000000322. The zero-order valence-electron chi connectivity index (χ0n) is 11.4. The van der Waals surface area contributed by atoms with Gasteiger partial charge in [-0.25, -0.2) is 9.59 Å². The monoisotopic (exact) mass is 328 g/mol. The topological polar surface area (TPSA) is 99.5 Å². The molecule has 23 heavy (non-hydrogen) atoms. The second-order valence-corrected chi connectivity index (χ2v) is 4.05. The predicted octanol–water partition coefficient (Wildman–Crippen LogP) is 3.16. The highest BCUT2D eigenvalue weighted by Gasteiger charge is 2.38. The molecule has 1 heterocycles. The molecule has 0 amide bonds. The molecule has 0 aliphatic rings. The number of aromatic nitrogens is 1. The second kappa shape index (κ2) is 7.78. The molecule has 2 rings (SSSR count). The number of carboxylic acids is 2. The molecule has 0 fully saturated rings. The van der Waals surface area contributed by atoms with E-state index in [1.807, 2.05) is 18.2 Å². The maximum atomic E-state index is 10.8. The summed E-state index contributed by atoms with van der Waals surface area (Å²) in [6.07, 6.45) is -1.74. The Morgan fingerprint density at radius 1 is 1.00 bits per heavy atom. The van der Waals surface area contributed by atoms with E-state index < -0.39 is 18.1 Å². The number of hydrogen-bond acceptors (Lipinski definition) is 4. The molecule has 1 aromatic carbocycles. The maximum Gasteiger partial charge on any atom is 0.490 e. The number of benzene rings is 1. The summed E-state index contributed by atoms with van der Waals surface area (Å²) in [4.78, 5) is 23.6. The molecule has 0 aliphatic carbocycles. The number of alkyl halides is 3. The largest absolute Gasteiger partial charge is 0.490 e. The highest BCUT2D eigenvalue weighted by molar-refractivity contribution is 5.89. The van der Waals surface area contributed by atoms with Gasteiger partial charge in [0.2, 0.25) is 0 Å². The highest BCUT2D eigenvalue weighted by Crippen LogP contribution is 2.16. The third-order valence-corrected chi connectivity index (χ3v) is 2.32. The lowest BCUT2D eigenvalue weighted by Gasteiger charge is -2.06. The zero-order chi connectivity index (χ0) is 17.5. The van der Waals surface area contributed by atoms with Gasteiger partial charge in [-0.1, -0.05) is 6.07 Å². The predicted molar refractivity (Wildman–Crippen MR) is 74.6 cm³/mol. The summed E-state index contributed by atoms with van der Waals surface area (Å²) < 4.78 is 31.7. The van der Waals surface area contributed by atoms with E-state index in [-0.39, 0.29) is 5.56 Å². The van der Waals surface area contributed by atoms with Crippen molar-refractivity contribution in [3.63, 3.8) is 0 Å². The molecule has 0 saturated heterocycles. The smallest absolute Gasteiger partial charge is 0.478 e. The summed E-state index contributed by atoms with van der Waals surface area (Å²) in [5, 5.41) is 19.1. The van der Waals surface area contributed by atoms with Gasteiger partial charge in [-0.3, -0.25) is 4.98 Å². The number of nitrogens with zero attached hydrogens (tertiary/aromatic N) is 1. The number of halogens is 3. The molecule has 2 aromatic rings. The molecule has 0 atom stereocenters. The third kappa shape index (κ3) is 6.46. The van der Waals surface area contributed by atoms with Crippen LogP contribution in [0.15, 0.2) is 48.8 Å². The molecule has 1 aromatic heterocycles. The van der Waals surface area contributed by atoms with Crippen LogP contribution >= 0.6 is 0 Å². The van der Waals surface area contributed by atoms with E-state index in [1.165, 1.54) is 0 Å². The van der Waals surface area contributed by atoms with Crippen molar-refractivity contribution in [2.24, 2.45) is 0 Å². The minimum atomic E-state index is -5.08. The van der Waals surface area contributed by atoms with Gasteiger partial charge >= 0.3 is 18.1 Å². The van der Waals surface area contributed by atoms with Crippen molar-refractivity contribution < 1.29 is 33.0 Å². The summed E-state index contributed by atoms with van der Waals surface area (Å²) in [7, 11) is 0. The van der Waals surface area contributed by atoms with E-state index in [2.05, 4.69) is 10.3 Å². The average molecular weight is 328 g/mol. The van der Waals surface area contributed by atoms with Gasteiger partial charge in [0.05, 0.1) is 5.56 Å². The van der Waals surface area contributed by atoms with Crippen molar-refractivity contribution in [1.29, 1.82) is 0 Å². The van der Waals surface area contributed by atoms with Gasteiger partial charge in [-0.15, -0.1) is 0 Å². The lowest BCUT2D eigenvalue weighted by atomic mass is 10.2. The van der Waals surface area contributed by atoms with Crippen LogP contribution in [0.3, 0.4) is 0 Å². The molecule has 0 saturated carbocycles. The standard InChI is InChI=1S/C12H10N2O2.C2HF3O2/c15-12(16)9-2-1-3-11(8-9)14-10-4-6-13-7-5-10;3-2(4,5)1(6)7/h1-8H,(H,13,14)(H,15,16);(H,6,7). The number of aliphatic carboxylic acids is 1. The third-order valence-electron chi connectivity index (χ3n) is 2.32. The molecule has 0 bridgehead atoms. The zero-order valence-corrected chi connectivity index (χ0v) is 11.4. The van der Waals surface area contributed by atoms with Crippen LogP contribution < -0.4 is 5.32 Å². The lowest BCUT2D eigenvalue weighted by Crippen LogP contribution is -2.21. The Morgan fingerprint density at radius 2 is 1.57 bits per heavy atom. The van der Waals surface area contributed by atoms with Crippen molar-refractivity contribution >= 4 is 23.3 Å². The quantitative estimate of drug-likeness (QED) is 0.800. The second-order valence-electron chi connectivity index (χ2n) is 4.05. The minimum Gasteiger partial charge on any atom is -0.478 e. The van der Waals surface area contributed by atoms with Gasteiger partial charge in [0.1, 0.15) is 0 Å². The number of aromatic carboxylic acids is 1. The SMILES string of the molecule is O=C(O)C(F)(F)F.O=C(O)c1cccc(Nc2ccncc2)c1. The number of carbonyl (C=O) groups is 2. The highest BCUT2D eigenvalue weighted by atomic mass is 19.4. The molecule has 122 valence electrons. The van der Waals surface area contributed by atoms with Crippen molar-refractivity contribution in [3.05, 3.63) is 54.4 Å². The van der Waals surface area contributed by atoms with E-state index in [9.17, 15) is 18.0 Å². The summed E-state index contributed by atoms with van der Waals surface area (Å²) in [5.41, 5.74) is 1.88. The Labute approximate surface area is 128 Å². The van der Waals surface area contributed by atoms with Crippen molar-refractivity contribution in [1.82, 2.24) is 4.98 Å². The molecule has 0 aliphatic heterocycles.